The van der Waals surface area contributed by atoms with Gasteiger partial charge < -0.3 is 4.57 Å². The number of aromatic nitrogens is 3. The molecule has 0 saturated carbocycles. The molecule has 5 aromatic carbocycles. The van der Waals surface area contributed by atoms with Crippen LogP contribution in [0.25, 0.3) is 27.5 Å². The summed E-state index contributed by atoms with van der Waals surface area (Å²) < 4.78 is 16.5. The average molecular weight is 710 g/mol. The molecule has 8 rings (SSSR count). The molecule has 5 nitrogen and oxygen atoms in total. The molecule has 0 atom stereocenters. The third-order valence-electron chi connectivity index (χ3n) is 10.0. The van der Waals surface area contributed by atoms with Crippen LogP contribution in [0, 0.1) is 5.82 Å². The number of pyridine rings is 2. The van der Waals surface area contributed by atoms with Crippen molar-refractivity contribution in [1.82, 2.24) is 14.5 Å². The first-order valence-electron chi connectivity index (χ1n) is 18.4. The average Bonchev–Trinajstić information content (AvgIpc) is 3.49. The highest BCUT2D eigenvalue weighted by Gasteiger charge is 2.23. The number of fused-ring (bicyclic) bond motifs is 3. The molecule has 0 aliphatic heterocycles. The zero-order chi connectivity index (χ0) is 37.6. The van der Waals surface area contributed by atoms with Gasteiger partial charge in [0, 0.05) is 51.6 Å². The van der Waals surface area contributed by atoms with Gasteiger partial charge in [0.15, 0.2) is 0 Å². The Labute approximate surface area is 317 Å². The van der Waals surface area contributed by atoms with Gasteiger partial charge in [0.05, 0.1) is 11.0 Å². The summed E-state index contributed by atoms with van der Waals surface area (Å²) >= 11 is 0. The lowest BCUT2D eigenvalue weighted by Crippen LogP contribution is -2.15. The van der Waals surface area contributed by atoms with Crippen LogP contribution < -0.4 is 9.80 Å². The molecule has 0 bridgehead atoms. The lowest BCUT2D eigenvalue weighted by Gasteiger charge is -2.27. The Morgan fingerprint density at radius 3 is 1.30 bits per heavy atom. The molecule has 3 aromatic heterocycles. The Hall–Kier alpha value is -6.27. The third kappa shape index (κ3) is 6.60. The van der Waals surface area contributed by atoms with Crippen LogP contribution in [0.3, 0.4) is 0 Å². The van der Waals surface area contributed by atoms with Crippen LogP contribution in [0.1, 0.15) is 52.7 Å². The molecule has 6 heteroatoms. The molecule has 0 spiro atoms. The molecular formula is C48H44FN5. The van der Waals surface area contributed by atoms with Crippen molar-refractivity contribution < 1.29 is 4.39 Å². The molecule has 0 aliphatic carbocycles. The molecular weight excluding hydrogens is 666 g/mol. The van der Waals surface area contributed by atoms with Crippen molar-refractivity contribution in [2.45, 2.75) is 52.4 Å². The predicted octanol–water partition coefficient (Wildman–Crippen LogP) is 13.2. The minimum absolute atomic E-state index is 0.0468. The van der Waals surface area contributed by atoms with Crippen molar-refractivity contribution in [1.29, 1.82) is 0 Å². The summed E-state index contributed by atoms with van der Waals surface area (Å²) in [5.74, 6) is 1.42. The fourth-order valence-electron chi connectivity index (χ4n) is 7.14. The summed E-state index contributed by atoms with van der Waals surface area (Å²) in [4.78, 5) is 14.3. The van der Waals surface area contributed by atoms with Crippen LogP contribution in [0.4, 0.5) is 38.8 Å². The number of para-hydroxylation sites is 2. The van der Waals surface area contributed by atoms with Gasteiger partial charge >= 0.3 is 0 Å². The second-order valence-electron chi connectivity index (χ2n) is 15.9. The fraction of sp³-hybridized carbons (Fsp3) is 0.167. The van der Waals surface area contributed by atoms with E-state index < -0.39 is 0 Å². The summed E-state index contributed by atoms with van der Waals surface area (Å²) in [5, 5.41) is 2.12. The number of hydrogen-bond donors (Lipinski definition) is 0. The smallest absolute Gasteiger partial charge is 0.137 e. The number of benzene rings is 5. The molecule has 0 N–H and O–H groups in total. The van der Waals surface area contributed by atoms with E-state index in [2.05, 4.69) is 165 Å². The van der Waals surface area contributed by atoms with E-state index in [0.717, 1.165) is 61.9 Å². The van der Waals surface area contributed by atoms with E-state index in [1.165, 1.54) is 23.3 Å². The van der Waals surface area contributed by atoms with Gasteiger partial charge in [-0.3, -0.25) is 9.80 Å². The lowest BCUT2D eigenvalue weighted by atomic mass is 9.87. The Morgan fingerprint density at radius 1 is 0.463 bits per heavy atom. The number of nitrogens with zero attached hydrogens (tertiary/aromatic N) is 5. The quantitative estimate of drug-likeness (QED) is 0.165. The van der Waals surface area contributed by atoms with Crippen molar-refractivity contribution in [3.05, 3.63) is 175 Å². The van der Waals surface area contributed by atoms with E-state index >= 15 is 0 Å². The number of rotatable bonds is 7. The molecule has 0 radical (unpaired) electrons. The van der Waals surface area contributed by atoms with Gasteiger partial charge in [0.2, 0.25) is 0 Å². The molecule has 0 aliphatic rings. The topological polar surface area (TPSA) is 37.2 Å². The summed E-state index contributed by atoms with van der Waals surface area (Å²) in [7, 11) is 0. The van der Waals surface area contributed by atoms with Crippen LogP contribution in [0.15, 0.2) is 158 Å². The lowest BCUT2D eigenvalue weighted by molar-refractivity contribution is 0.589. The Bertz CT molecular complexity index is 2420. The molecule has 0 saturated heterocycles. The standard InChI is InChI=1S/C48H44FN5/c1-47(2,3)33-25-27-50-45(29-33)52(36-13-9-7-10-14-36)39-21-23-43-41(31-39)42-32-40(22-24-44(42)54(43)38-19-17-35(49)18-20-38)53(37-15-11-8-12-16-37)46-30-34(26-28-51-46)48(4,5)6/h7-32H,1-6H3. The highest BCUT2D eigenvalue weighted by atomic mass is 19.1. The zero-order valence-electron chi connectivity index (χ0n) is 31.6. The van der Waals surface area contributed by atoms with Gasteiger partial charge in [-0.1, -0.05) is 77.9 Å². The van der Waals surface area contributed by atoms with E-state index in [0.29, 0.717) is 0 Å². The summed E-state index contributed by atoms with van der Waals surface area (Å²) in [6.45, 7) is 13.3. The van der Waals surface area contributed by atoms with Crippen LogP contribution in [-0.4, -0.2) is 14.5 Å². The molecule has 0 fully saturated rings. The van der Waals surface area contributed by atoms with Crippen molar-refractivity contribution >= 4 is 56.2 Å². The fourth-order valence-corrected chi connectivity index (χ4v) is 7.14. The second kappa shape index (κ2) is 13.6. The summed E-state index contributed by atoms with van der Waals surface area (Å²) in [6.07, 6.45) is 3.80. The van der Waals surface area contributed by atoms with E-state index in [1.54, 1.807) is 0 Å². The van der Waals surface area contributed by atoms with Crippen LogP contribution >= 0.6 is 0 Å². The van der Waals surface area contributed by atoms with Gasteiger partial charge in [0.1, 0.15) is 17.5 Å². The van der Waals surface area contributed by atoms with E-state index in [4.69, 9.17) is 9.97 Å². The Kier molecular flexibility index (Phi) is 8.77. The maximum absolute atomic E-state index is 14.3. The SMILES string of the molecule is CC(C)(C)c1ccnc(N(c2ccccc2)c2ccc3c(c2)c2cc(N(c4ccccc4)c4cc(C(C)(C)C)ccn4)ccc2n3-c2ccc(F)cc2)c1. The van der Waals surface area contributed by atoms with E-state index in [9.17, 15) is 4.39 Å². The van der Waals surface area contributed by atoms with Crippen molar-refractivity contribution in [2.75, 3.05) is 9.80 Å². The minimum Gasteiger partial charge on any atom is -0.309 e. The third-order valence-corrected chi connectivity index (χ3v) is 10.0. The van der Waals surface area contributed by atoms with Gasteiger partial charge in [-0.2, -0.15) is 0 Å². The van der Waals surface area contributed by atoms with Crippen molar-refractivity contribution in [2.24, 2.45) is 0 Å². The highest BCUT2D eigenvalue weighted by molar-refractivity contribution is 6.12. The number of halogens is 1. The summed E-state index contributed by atoms with van der Waals surface area (Å²) in [5.41, 5.74) is 9.22. The normalized spacial score (nSPS) is 12.0. The van der Waals surface area contributed by atoms with E-state index in [1.807, 2.05) is 36.7 Å². The van der Waals surface area contributed by atoms with Crippen LogP contribution in [0.2, 0.25) is 0 Å². The second-order valence-corrected chi connectivity index (χ2v) is 15.9. The first-order chi connectivity index (χ1) is 26.0. The molecule has 0 amide bonds. The van der Waals surface area contributed by atoms with Gasteiger partial charge in [-0.05, 0) is 131 Å². The molecule has 268 valence electrons. The monoisotopic (exact) mass is 709 g/mol. The molecule has 54 heavy (non-hydrogen) atoms. The van der Waals surface area contributed by atoms with Crippen LogP contribution in [-0.2, 0) is 10.8 Å². The van der Waals surface area contributed by atoms with Gasteiger partial charge in [-0.25, -0.2) is 14.4 Å². The van der Waals surface area contributed by atoms with Gasteiger partial charge in [-0.15, -0.1) is 0 Å². The number of hydrogen-bond acceptors (Lipinski definition) is 4. The largest absolute Gasteiger partial charge is 0.309 e. The minimum atomic E-state index is -0.268. The first kappa shape index (κ1) is 34.8. The van der Waals surface area contributed by atoms with Gasteiger partial charge in [0.25, 0.3) is 0 Å². The number of anilines is 6. The zero-order valence-corrected chi connectivity index (χ0v) is 31.6. The van der Waals surface area contributed by atoms with Crippen molar-refractivity contribution in [3.63, 3.8) is 0 Å². The first-order valence-corrected chi connectivity index (χ1v) is 18.4. The highest BCUT2D eigenvalue weighted by Crippen LogP contribution is 2.43. The molecule has 3 heterocycles. The van der Waals surface area contributed by atoms with Crippen LogP contribution in [0.5, 0.6) is 0 Å². The Morgan fingerprint density at radius 2 is 0.889 bits per heavy atom. The summed E-state index contributed by atoms with van der Waals surface area (Å²) in [6, 6.07) is 49.2. The Balaban J connectivity index is 1.39. The van der Waals surface area contributed by atoms with E-state index in [-0.39, 0.29) is 16.6 Å². The van der Waals surface area contributed by atoms with Crippen molar-refractivity contribution in [3.8, 4) is 5.69 Å². The predicted molar refractivity (Wildman–Crippen MR) is 223 cm³/mol. The maximum atomic E-state index is 14.3. The molecule has 0 unspecified atom stereocenters. The maximum Gasteiger partial charge on any atom is 0.137 e. The molecule has 8 aromatic rings.